The summed E-state index contributed by atoms with van der Waals surface area (Å²) in [7, 11) is 0. The third-order valence-electron chi connectivity index (χ3n) is 6.52. The molecule has 0 radical (unpaired) electrons. The number of hydrogen-bond donors (Lipinski definition) is 0. The lowest BCUT2D eigenvalue weighted by atomic mass is 9.45. The summed E-state index contributed by atoms with van der Waals surface area (Å²) in [4.78, 5) is 11.8. The summed E-state index contributed by atoms with van der Waals surface area (Å²) in [5.41, 5.74) is 0.794. The largest absolute Gasteiger partial charge is 0.369 e. The van der Waals surface area contributed by atoms with Crippen LogP contribution in [-0.4, -0.2) is 18.5 Å². The van der Waals surface area contributed by atoms with Gasteiger partial charge in [0.1, 0.15) is 6.61 Å². The molecule has 108 valence electrons. The first-order valence-electron chi connectivity index (χ1n) is 7.91. The molecule has 3 rings (SSSR count). The van der Waals surface area contributed by atoms with Gasteiger partial charge in [-0.15, -0.1) is 0 Å². The molecule has 2 aliphatic carbocycles. The summed E-state index contributed by atoms with van der Waals surface area (Å²) in [6.07, 6.45) is 7.38. The van der Waals surface area contributed by atoms with Crippen LogP contribution in [0.3, 0.4) is 0 Å². The fourth-order valence-electron chi connectivity index (χ4n) is 5.85. The maximum absolute atomic E-state index is 11.8. The highest BCUT2D eigenvalue weighted by Gasteiger charge is 2.60. The molecule has 1 aliphatic heterocycles. The van der Waals surface area contributed by atoms with Crippen molar-refractivity contribution in [2.45, 2.75) is 72.3 Å². The Labute approximate surface area is 117 Å². The number of fused-ring (bicyclic) bond motifs is 3. The normalized spacial score (nSPS) is 49.4. The fourth-order valence-corrected chi connectivity index (χ4v) is 5.85. The van der Waals surface area contributed by atoms with Gasteiger partial charge < -0.3 is 4.74 Å². The van der Waals surface area contributed by atoms with E-state index >= 15 is 0 Å². The van der Waals surface area contributed by atoms with Gasteiger partial charge in [-0.1, -0.05) is 34.1 Å². The smallest absolute Gasteiger partial charge is 0.159 e. The van der Waals surface area contributed by atoms with E-state index in [4.69, 9.17) is 4.74 Å². The maximum atomic E-state index is 11.8. The Morgan fingerprint density at radius 1 is 1.11 bits per heavy atom. The highest BCUT2D eigenvalue weighted by Crippen LogP contribution is 2.63. The van der Waals surface area contributed by atoms with Crippen LogP contribution in [0.15, 0.2) is 0 Å². The zero-order chi connectivity index (χ0) is 13.9. The van der Waals surface area contributed by atoms with Gasteiger partial charge in [0.25, 0.3) is 0 Å². The fraction of sp³-hybridized carbons (Fsp3) is 0.941. The van der Waals surface area contributed by atoms with E-state index in [0.717, 1.165) is 18.8 Å². The van der Waals surface area contributed by atoms with E-state index in [9.17, 15) is 4.79 Å². The number of ether oxygens (including phenoxy) is 1. The number of carbonyl (C=O) groups is 1. The van der Waals surface area contributed by atoms with E-state index in [0.29, 0.717) is 17.8 Å². The van der Waals surface area contributed by atoms with Crippen molar-refractivity contribution in [2.75, 3.05) is 6.61 Å². The van der Waals surface area contributed by atoms with Gasteiger partial charge in [-0.25, -0.2) is 0 Å². The van der Waals surface area contributed by atoms with E-state index < -0.39 is 0 Å². The molecule has 0 aromatic rings. The lowest BCUT2D eigenvalue weighted by Gasteiger charge is -2.62. The van der Waals surface area contributed by atoms with Crippen molar-refractivity contribution >= 4 is 5.78 Å². The second kappa shape index (κ2) is 4.07. The molecule has 2 nitrogen and oxygen atoms in total. The summed E-state index contributed by atoms with van der Waals surface area (Å²) in [6.45, 7) is 9.95. The van der Waals surface area contributed by atoms with Crippen molar-refractivity contribution in [3.05, 3.63) is 0 Å². The van der Waals surface area contributed by atoms with Gasteiger partial charge in [-0.2, -0.15) is 0 Å². The quantitative estimate of drug-likeness (QED) is 0.661. The predicted octanol–water partition coefficient (Wildman–Crippen LogP) is 3.98. The Kier molecular flexibility index (Phi) is 2.91. The van der Waals surface area contributed by atoms with Crippen molar-refractivity contribution in [2.24, 2.45) is 22.2 Å². The molecule has 0 spiro atoms. The molecule has 0 bridgehead atoms. The van der Waals surface area contributed by atoms with Gasteiger partial charge >= 0.3 is 0 Å². The molecule has 4 atom stereocenters. The summed E-state index contributed by atoms with van der Waals surface area (Å²) < 4.78 is 6.11. The first-order valence-corrected chi connectivity index (χ1v) is 7.91. The first kappa shape index (κ1) is 13.6. The molecule has 2 saturated carbocycles. The van der Waals surface area contributed by atoms with Crippen molar-refractivity contribution in [3.63, 3.8) is 0 Å². The number of carbonyl (C=O) groups excluding carboxylic acids is 1. The standard InChI is InChI=1S/C17H28O2/c1-15(2)7-5-8-17(4)13(15)6-9-16(3)10-12(18)11-19-14(16)17/h13-14H,5-11H2,1-4H3. The zero-order valence-electron chi connectivity index (χ0n) is 12.9. The monoisotopic (exact) mass is 264 g/mol. The van der Waals surface area contributed by atoms with E-state index in [-0.39, 0.29) is 16.9 Å². The average Bonchev–Trinajstić information content (AvgIpc) is 2.25. The van der Waals surface area contributed by atoms with Gasteiger partial charge in [-0.05, 0) is 42.4 Å². The summed E-state index contributed by atoms with van der Waals surface area (Å²) >= 11 is 0. The van der Waals surface area contributed by atoms with E-state index in [1.807, 2.05) is 0 Å². The first-order chi connectivity index (χ1) is 8.78. The van der Waals surface area contributed by atoms with Crippen LogP contribution in [0.5, 0.6) is 0 Å². The highest BCUT2D eigenvalue weighted by molar-refractivity contribution is 5.81. The molecular weight excluding hydrogens is 236 g/mol. The van der Waals surface area contributed by atoms with Gasteiger partial charge in [0.15, 0.2) is 5.78 Å². The minimum atomic E-state index is 0.0913. The summed E-state index contributed by atoms with van der Waals surface area (Å²) in [6, 6.07) is 0. The molecule has 0 amide bonds. The molecule has 19 heavy (non-hydrogen) atoms. The molecule has 0 aromatic heterocycles. The van der Waals surface area contributed by atoms with Gasteiger partial charge in [0.05, 0.1) is 6.10 Å². The van der Waals surface area contributed by atoms with Crippen molar-refractivity contribution in [1.82, 2.24) is 0 Å². The number of ketones is 1. The lowest BCUT2D eigenvalue weighted by molar-refractivity contribution is -0.212. The van der Waals surface area contributed by atoms with Gasteiger partial charge in [0.2, 0.25) is 0 Å². The molecule has 0 N–H and O–H groups in total. The number of Topliss-reactive ketones (excluding diaryl/α,β-unsaturated/α-hetero) is 1. The summed E-state index contributed by atoms with van der Waals surface area (Å²) in [5.74, 6) is 1.05. The lowest BCUT2D eigenvalue weighted by Crippen LogP contribution is -2.61. The SMILES string of the molecule is CC1(C)CCCC2(C)C1CCC1(C)CC(=O)COC12. The van der Waals surface area contributed by atoms with Crippen LogP contribution < -0.4 is 0 Å². The van der Waals surface area contributed by atoms with E-state index in [1.165, 1.54) is 25.7 Å². The number of rotatable bonds is 0. The molecule has 1 heterocycles. The number of hydrogen-bond acceptors (Lipinski definition) is 2. The maximum Gasteiger partial charge on any atom is 0.159 e. The van der Waals surface area contributed by atoms with Crippen LogP contribution in [0.1, 0.15) is 66.2 Å². The third kappa shape index (κ3) is 1.90. The van der Waals surface area contributed by atoms with Crippen LogP contribution >= 0.6 is 0 Å². The van der Waals surface area contributed by atoms with Crippen LogP contribution in [0.25, 0.3) is 0 Å². The van der Waals surface area contributed by atoms with E-state index in [2.05, 4.69) is 27.7 Å². The Balaban J connectivity index is 1.97. The third-order valence-corrected chi connectivity index (χ3v) is 6.52. The second-order valence-electron chi connectivity index (χ2n) is 8.50. The minimum Gasteiger partial charge on any atom is -0.369 e. The molecule has 4 unspecified atom stereocenters. The molecule has 3 fully saturated rings. The Morgan fingerprint density at radius 3 is 2.58 bits per heavy atom. The topological polar surface area (TPSA) is 26.3 Å². The van der Waals surface area contributed by atoms with Crippen LogP contribution in [0.2, 0.25) is 0 Å². The highest BCUT2D eigenvalue weighted by atomic mass is 16.5. The molecule has 2 heteroatoms. The van der Waals surface area contributed by atoms with Crippen LogP contribution in [-0.2, 0) is 9.53 Å². The Hall–Kier alpha value is -0.370. The molecule has 1 saturated heterocycles. The molecular formula is C17H28O2. The zero-order valence-corrected chi connectivity index (χ0v) is 12.9. The van der Waals surface area contributed by atoms with Crippen molar-refractivity contribution in [3.8, 4) is 0 Å². The van der Waals surface area contributed by atoms with Crippen molar-refractivity contribution < 1.29 is 9.53 Å². The average molecular weight is 264 g/mol. The molecule has 0 aromatic carbocycles. The minimum absolute atomic E-state index is 0.0913. The van der Waals surface area contributed by atoms with Gasteiger partial charge in [0, 0.05) is 11.8 Å². The Bertz CT molecular complexity index is 400. The predicted molar refractivity (Wildman–Crippen MR) is 75.9 cm³/mol. The van der Waals surface area contributed by atoms with Crippen LogP contribution in [0, 0.1) is 22.2 Å². The van der Waals surface area contributed by atoms with Crippen LogP contribution in [0.4, 0.5) is 0 Å². The summed E-state index contributed by atoms with van der Waals surface area (Å²) in [5, 5.41) is 0. The second-order valence-corrected chi connectivity index (χ2v) is 8.50. The molecule has 3 aliphatic rings. The Morgan fingerprint density at radius 2 is 1.84 bits per heavy atom. The van der Waals surface area contributed by atoms with Gasteiger partial charge in [-0.3, -0.25) is 4.79 Å². The van der Waals surface area contributed by atoms with Crippen molar-refractivity contribution in [1.29, 1.82) is 0 Å². The van der Waals surface area contributed by atoms with E-state index in [1.54, 1.807) is 0 Å².